The van der Waals surface area contributed by atoms with E-state index in [0.29, 0.717) is 6.04 Å². The third kappa shape index (κ3) is 2.94. The smallest absolute Gasteiger partial charge is 0.123 e. The predicted molar refractivity (Wildman–Crippen MR) is 72.1 cm³/mol. The van der Waals surface area contributed by atoms with Crippen molar-refractivity contribution in [3.8, 4) is 11.5 Å². The molecule has 1 unspecified atom stereocenters. The Hall–Kier alpha value is -1.26. The van der Waals surface area contributed by atoms with Gasteiger partial charge in [0.2, 0.25) is 0 Å². The van der Waals surface area contributed by atoms with Crippen LogP contribution in [0.2, 0.25) is 0 Å². The van der Waals surface area contributed by atoms with E-state index in [4.69, 9.17) is 15.2 Å². The van der Waals surface area contributed by atoms with Crippen LogP contribution in [0.15, 0.2) is 18.2 Å². The third-order valence-corrected chi connectivity index (χ3v) is 3.49. The fraction of sp³-hybridized carbons (Fsp3) is 0.571. The van der Waals surface area contributed by atoms with Crippen molar-refractivity contribution in [2.24, 2.45) is 5.73 Å². The van der Waals surface area contributed by atoms with Crippen LogP contribution in [-0.4, -0.2) is 38.8 Å². The van der Waals surface area contributed by atoms with Gasteiger partial charge in [-0.05, 0) is 38.1 Å². The number of rotatable bonds is 6. The van der Waals surface area contributed by atoms with Gasteiger partial charge in [-0.1, -0.05) is 0 Å². The van der Waals surface area contributed by atoms with Crippen LogP contribution < -0.4 is 15.2 Å². The van der Waals surface area contributed by atoms with Crippen molar-refractivity contribution >= 4 is 0 Å². The zero-order valence-corrected chi connectivity index (χ0v) is 11.3. The molecule has 1 aromatic carbocycles. The Bertz CT molecular complexity index is 405. The predicted octanol–water partition coefficient (Wildman–Crippen LogP) is 1.80. The molecule has 1 atom stereocenters. The zero-order valence-electron chi connectivity index (χ0n) is 11.3. The lowest BCUT2D eigenvalue weighted by Gasteiger charge is -2.22. The lowest BCUT2D eigenvalue weighted by molar-refractivity contribution is 0.298. The molecule has 1 fully saturated rings. The van der Waals surface area contributed by atoms with Crippen LogP contribution in [0.1, 0.15) is 24.4 Å². The first kappa shape index (κ1) is 13.2. The van der Waals surface area contributed by atoms with Crippen molar-refractivity contribution in [1.82, 2.24) is 4.90 Å². The maximum Gasteiger partial charge on any atom is 0.123 e. The average Bonchev–Trinajstić information content (AvgIpc) is 3.22. The molecule has 0 aliphatic heterocycles. The quantitative estimate of drug-likeness (QED) is 0.836. The van der Waals surface area contributed by atoms with Crippen molar-refractivity contribution in [3.05, 3.63) is 23.8 Å². The van der Waals surface area contributed by atoms with Gasteiger partial charge >= 0.3 is 0 Å². The Morgan fingerprint density at radius 3 is 2.61 bits per heavy atom. The van der Waals surface area contributed by atoms with E-state index in [1.807, 2.05) is 18.2 Å². The Morgan fingerprint density at radius 1 is 1.33 bits per heavy atom. The minimum atomic E-state index is -0.0550. The molecule has 100 valence electrons. The second-order valence-electron chi connectivity index (χ2n) is 4.89. The number of likely N-dealkylation sites (N-methyl/N-ethyl adjacent to an activating group) is 1. The van der Waals surface area contributed by atoms with E-state index < -0.39 is 0 Å². The number of nitrogens with two attached hydrogens (primary N) is 1. The first-order chi connectivity index (χ1) is 8.65. The van der Waals surface area contributed by atoms with Crippen LogP contribution >= 0.6 is 0 Å². The van der Waals surface area contributed by atoms with E-state index in [2.05, 4.69) is 11.9 Å². The maximum absolute atomic E-state index is 6.28. The summed E-state index contributed by atoms with van der Waals surface area (Å²) in [5.41, 5.74) is 7.29. The summed E-state index contributed by atoms with van der Waals surface area (Å²) >= 11 is 0. The molecule has 0 amide bonds. The first-order valence-electron chi connectivity index (χ1n) is 6.33. The van der Waals surface area contributed by atoms with Crippen molar-refractivity contribution in [3.63, 3.8) is 0 Å². The number of ether oxygens (including phenoxy) is 2. The normalized spacial score (nSPS) is 16.7. The SMILES string of the molecule is COc1ccc(OC)c(C(N)CN(C)C2CC2)c1. The number of nitrogens with zero attached hydrogens (tertiary/aromatic N) is 1. The summed E-state index contributed by atoms with van der Waals surface area (Å²) in [6.07, 6.45) is 2.58. The van der Waals surface area contributed by atoms with E-state index in [-0.39, 0.29) is 6.04 Å². The van der Waals surface area contributed by atoms with Crippen molar-refractivity contribution in [2.45, 2.75) is 24.9 Å². The van der Waals surface area contributed by atoms with Gasteiger partial charge in [0.25, 0.3) is 0 Å². The van der Waals surface area contributed by atoms with E-state index in [1.165, 1.54) is 12.8 Å². The maximum atomic E-state index is 6.28. The molecule has 1 aliphatic rings. The summed E-state index contributed by atoms with van der Waals surface area (Å²) in [6.45, 7) is 0.841. The molecule has 1 saturated carbocycles. The largest absolute Gasteiger partial charge is 0.497 e. The summed E-state index contributed by atoms with van der Waals surface area (Å²) in [7, 11) is 5.46. The molecule has 0 heterocycles. The van der Waals surface area contributed by atoms with Gasteiger partial charge in [0.1, 0.15) is 11.5 Å². The van der Waals surface area contributed by atoms with Crippen molar-refractivity contribution in [1.29, 1.82) is 0 Å². The summed E-state index contributed by atoms with van der Waals surface area (Å²) < 4.78 is 10.6. The molecular weight excluding hydrogens is 228 g/mol. The topological polar surface area (TPSA) is 47.7 Å². The molecule has 0 aromatic heterocycles. The number of hydrogen-bond acceptors (Lipinski definition) is 4. The second-order valence-corrected chi connectivity index (χ2v) is 4.89. The molecule has 2 N–H and O–H groups in total. The molecule has 2 rings (SSSR count). The minimum absolute atomic E-state index is 0.0550. The molecule has 0 saturated heterocycles. The highest BCUT2D eigenvalue weighted by Gasteiger charge is 2.27. The van der Waals surface area contributed by atoms with Gasteiger partial charge in [-0.25, -0.2) is 0 Å². The first-order valence-corrected chi connectivity index (χ1v) is 6.33. The van der Waals surface area contributed by atoms with Crippen LogP contribution in [0.4, 0.5) is 0 Å². The lowest BCUT2D eigenvalue weighted by Crippen LogP contribution is -2.30. The molecule has 0 radical (unpaired) electrons. The van der Waals surface area contributed by atoms with Gasteiger partial charge < -0.3 is 20.1 Å². The van der Waals surface area contributed by atoms with E-state index in [1.54, 1.807) is 14.2 Å². The summed E-state index contributed by atoms with van der Waals surface area (Å²) in [5.74, 6) is 1.64. The Balaban J connectivity index is 2.13. The van der Waals surface area contributed by atoms with Gasteiger partial charge in [0.05, 0.1) is 14.2 Å². The third-order valence-electron chi connectivity index (χ3n) is 3.49. The van der Waals surface area contributed by atoms with Crippen LogP contribution in [0.25, 0.3) is 0 Å². The van der Waals surface area contributed by atoms with Gasteiger partial charge in [0.15, 0.2) is 0 Å². The number of hydrogen-bond donors (Lipinski definition) is 1. The van der Waals surface area contributed by atoms with Crippen LogP contribution in [0.3, 0.4) is 0 Å². The van der Waals surface area contributed by atoms with E-state index in [0.717, 1.165) is 23.6 Å². The van der Waals surface area contributed by atoms with Crippen molar-refractivity contribution < 1.29 is 9.47 Å². The van der Waals surface area contributed by atoms with Gasteiger partial charge in [0, 0.05) is 24.2 Å². The Morgan fingerprint density at radius 2 is 2.06 bits per heavy atom. The van der Waals surface area contributed by atoms with Gasteiger partial charge in [-0.3, -0.25) is 0 Å². The highest BCUT2D eigenvalue weighted by molar-refractivity contribution is 5.42. The monoisotopic (exact) mass is 250 g/mol. The highest BCUT2D eigenvalue weighted by Crippen LogP contribution is 2.31. The lowest BCUT2D eigenvalue weighted by atomic mass is 10.1. The minimum Gasteiger partial charge on any atom is -0.497 e. The Labute approximate surface area is 109 Å². The highest BCUT2D eigenvalue weighted by atomic mass is 16.5. The fourth-order valence-corrected chi connectivity index (χ4v) is 2.20. The van der Waals surface area contributed by atoms with Crippen LogP contribution in [0, 0.1) is 0 Å². The van der Waals surface area contributed by atoms with E-state index >= 15 is 0 Å². The number of benzene rings is 1. The molecule has 4 heteroatoms. The average molecular weight is 250 g/mol. The van der Waals surface area contributed by atoms with Crippen LogP contribution in [0.5, 0.6) is 11.5 Å². The molecular formula is C14H22N2O2. The zero-order chi connectivity index (χ0) is 13.1. The van der Waals surface area contributed by atoms with E-state index in [9.17, 15) is 0 Å². The fourth-order valence-electron chi connectivity index (χ4n) is 2.20. The van der Waals surface area contributed by atoms with Gasteiger partial charge in [-0.15, -0.1) is 0 Å². The standard InChI is InChI=1S/C14H22N2O2/c1-16(10-4-5-10)9-13(15)12-8-11(17-2)6-7-14(12)18-3/h6-8,10,13H,4-5,9,15H2,1-3H3. The molecule has 0 spiro atoms. The van der Waals surface area contributed by atoms with Crippen molar-refractivity contribution in [2.75, 3.05) is 27.8 Å². The molecule has 1 aliphatic carbocycles. The molecule has 1 aromatic rings. The molecule has 4 nitrogen and oxygen atoms in total. The summed E-state index contributed by atoms with van der Waals surface area (Å²) in [5, 5.41) is 0. The summed E-state index contributed by atoms with van der Waals surface area (Å²) in [6, 6.07) is 6.42. The van der Waals surface area contributed by atoms with Crippen LogP contribution in [-0.2, 0) is 0 Å². The Kier molecular flexibility index (Phi) is 4.09. The molecule has 0 bridgehead atoms. The molecule has 18 heavy (non-hydrogen) atoms. The summed E-state index contributed by atoms with van der Waals surface area (Å²) in [4.78, 5) is 2.32. The van der Waals surface area contributed by atoms with Gasteiger partial charge in [-0.2, -0.15) is 0 Å². The number of methoxy groups -OCH3 is 2. The second kappa shape index (κ2) is 5.59.